The van der Waals surface area contributed by atoms with E-state index in [0.717, 1.165) is 0 Å². The van der Waals surface area contributed by atoms with E-state index in [1.165, 1.54) is 210 Å². The summed E-state index contributed by atoms with van der Waals surface area (Å²) in [6.07, 6.45) is 21.8. The first-order valence-electron chi connectivity index (χ1n) is 31.5. The lowest BCUT2D eigenvalue weighted by Crippen LogP contribution is -2.28. The molecule has 0 atom stereocenters. The van der Waals surface area contributed by atoms with Crippen molar-refractivity contribution in [3.05, 3.63) is 284 Å². The van der Waals surface area contributed by atoms with Crippen LogP contribution in [0.4, 0.5) is 34.1 Å². The van der Waals surface area contributed by atoms with Crippen molar-refractivity contribution in [3.8, 4) is 33.4 Å². The summed E-state index contributed by atoms with van der Waals surface area (Å²) >= 11 is 0. The molecule has 0 aromatic heterocycles. The minimum Gasteiger partial charge on any atom is -0.310 e. The fourth-order valence-electron chi connectivity index (χ4n) is 15.9. The van der Waals surface area contributed by atoms with Gasteiger partial charge in [-0.15, -0.1) is 0 Å². The molecule has 2 saturated carbocycles. The van der Waals surface area contributed by atoms with Gasteiger partial charge in [0.1, 0.15) is 0 Å². The fourth-order valence-corrected chi connectivity index (χ4v) is 15.9. The van der Waals surface area contributed by atoms with Crippen LogP contribution in [0, 0.1) is 27.7 Å². The summed E-state index contributed by atoms with van der Waals surface area (Å²) in [6, 6.07) is 79.5. The molecule has 2 nitrogen and oxygen atoms in total. The number of nitrogens with zero attached hydrogens (tertiary/aromatic N) is 2. The highest BCUT2D eigenvalue weighted by molar-refractivity contribution is 5.91. The molecule has 0 radical (unpaired) electrons. The van der Waals surface area contributed by atoms with Crippen LogP contribution < -0.4 is 9.80 Å². The maximum atomic E-state index is 2.54. The third-order valence-corrected chi connectivity index (χ3v) is 20.5. The van der Waals surface area contributed by atoms with Crippen molar-refractivity contribution in [1.82, 2.24) is 0 Å². The van der Waals surface area contributed by atoms with Crippen LogP contribution in [0.2, 0.25) is 0 Å². The Labute approximate surface area is 504 Å². The molecule has 0 N–H and O–H groups in total. The molecular formula is C83H76N2. The van der Waals surface area contributed by atoms with Gasteiger partial charge in [0.15, 0.2) is 0 Å². The van der Waals surface area contributed by atoms with Gasteiger partial charge in [-0.1, -0.05) is 232 Å². The smallest absolute Gasteiger partial charge is 0.0465 e. The second kappa shape index (κ2) is 20.8. The Bertz CT molecular complexity index is 3920. The van der Waals surface area contributed by atoms with E-state index in [4.69, 9.17) is 0 Å². The summed E-state index contributed by atoms with van der Waals surface area (Å²) in [7, 11) is 0. The van der Waals surface area contributed by atoms with Gasteiger partial charge in [0, 0.05) is 50.4 Å². The Hall–Kier alpha value is -8.72. The first-order valence-corrected chi connectivity index (χ1v) is 31.5. The average molecular weight is 1100 g/mol. The second-order valence-corrected chi connectivity index (χ2v) is 26.3. The summed E-state index contributed by atoms with van der Waals surface area (Å²) in [5, 5.41) is 0. The van der Waals surface area contributed by atoms with Crippen LogP contribution in [0.3, 0.4) is 0 Å². The Morgan fingerprint density at radius 1 is 0.259 bits per heavy atom. The molecule has 0 aliphatic heterocycles. The standard InChI is InChI=1S/C83H76N2/c1-55-13-29-63(30-14-55)84(64-31-15-56(2)16-32-64)67-37-43-73-71-41-27-61(51-77(71)82(79(73)53-67)45-9-7-10-46-82)23-21-59-25-39-69-70-40-26-60(50-76(70)81(5,6)75(69)49-59)22-24-62-28-42-72-74-44-38-68(54-80(74)83(78(72)52-62)47-11-8-12-48-83)85(65-33-17-57(3)18-34-65)66-35-19-58(4)20-36-66/h13-44,49-54H,7-12,45-48H2,1-6H3. The van der Waals surface area contributed by atoms with Crippen LogP contribution in [0.25, 0.3) is 57.7 Å². The first-order chi connectivity index (χ1) is 41.4. The van der Waals surface area contributed by atoms with Crippen molar-refractivity contribution in [2.24, 2.45) is 0 Å². The lowest BCUT2D eigenvalue weighted by molar-refractivity contribution is 0.353. The number of hydrogen-bond donors (Lipinski definition) is 0. The average Bonchev–Trinajstić information content (AvgIpc) is 1.69. The summed E-state index contributed by atoms with van der Waals surface area (Å²) in [6.45, 7) is 13.5. The van der Waals surface area contributed by atoms with Crippen molar-refractivity contribution in [1.29, 1.82) is 0 Å². The Balaban J connectivity index is 0.691. The number of aryl methyl sites for hydroxylation is 4. The van der Waals surface area contributed by atoms with Crippen molar-refractivity contribution in [3.63, 3.8) is 0 Å². The van der Waals surface area contributed by atoms with Gasteiger partial charge < -0.3 is 9.80 Å². The Morgan fingerprint density at radius 2 is 0.494 bits per heavy atom. The highest BCUT2D eigenvalue weighted by Crippen LogP contribution is 2.59. The zero-order chi connectivity index (χ0) is 57.6. The summed E-state index contributed by atoms with van der Waals surface area (Å²) in [4.78, 5) is 4.89. The zero-order valence-corrected chi connectivity index (χ0v) is 50.4. The monoisotopic (exact) mass is 1100 g/mol. The quantitative estimate of drug-likeness (QED) is 0.126. The largest absolute Gasteiger partial charge is 0.310 e. The predicted molar refractivity (Wildman–Crippen MR) is 362 cm³/mol. The second-order valence-electron chi connectivity index (χ2n) is 26.3. The van der Waals surface area contributed by atoms with E-state index in [1.54, 1.807) is 0 Å². The first kappa shape index (κ1) is 53.0. The van der Waals surface area contributed by atoms with E-state index < -0.39 is 0 Å². The number of fused-ring (bicyclic) bond motifs is 13. The molecular weight excluding hydrogens is 1020 g/mol. The molecule has 10 aromatic rings. The fraction of sp³-hybridized carbons (Fsp3) is 0.229. The summed E-state index contributed by atoms with van der Waals surface area (Å²) < 4.78 is 0. The van der Waals surface area contributed by atoms with E-state index in [9.17, 15) is 0 Å². The number of hydrogen-bond acceptors (Lipinski definition) is 2. The lowest BCUT2D eigenvalue weighted by atomic mass is 9.67. The molecule has 10 aromatic carbocycles. The summed E-state index contributed by atoms with van der Waals surface area (Å²) in [5.41, 5.74) is 34.3. The minimum atomic E-state index is -0.140. The maximum Gasteiger partial charge on any atom is 0.0465 e. The van der Waals surface area contributed by atoms with Gasteiger partial charge in [0.2, 0.25) is 0 Å². The molecule has 15 rings (SSSR count). The molecule has 2 heteroatoms. The van der Waals surface area contributed by atoms with Gasteiger partial charge in [-0.2, -0.15) is 0 Å². The van der Waals surface area contributed by atoms with Crippen LogP contribution in [0.15, 0.2) is 206 Å². The molecule has 2 fully saturated rings. The number of benzene rings is 10. The summed E-state index contributed by atoms with van der Waals surface area (Å²) in [5.74, 6) is 0. The molecule has 85 heavy (non-hydrogen) atoms. The lowest BCUT2D eigenvalue weighted by Gasteiger charge is -2.37. The van der Waals surface area contributed by atoms with Crippen LogP contribution in [0.5, 0.6) is 0 Å². The third kappa shape index (κ3) is 9.06. The van der Waals surface area contributed by atoms with E-state index in [2.05, 4.69) is 282 Å². The Morgan fingerprint density at radius 3 is 0.788 bits per heavy atom. The molecule has 0 bridgehead atoms. The van der Waals surface area contributed by atoms with Crippen LogP contribution in [-0.4, -0.2) is 0 Å². The highest BCUT2D eigenvalue weighted by Gasteiger charge is 2.46. The van der Waals surface area contributed by atoms with Crippen molar-refractivity contribution < 1.29 is 0 Å². The normalized spacial score (nSPS) is 16.3. The van der Waals surface area contributed by atoms with Gasteiger partial charge in [-0.05, 0) is 215 Å². The van der Waals surface area contributed by atoms with Gasteiger partial charge in [-0.3, -0.25) is 0 Å². The third-order valence-electron chi connectivity index (χ3n) is 20.5. The molecule has 0 amide bonds. The van der Waals surface area contributed by atoms with E-state index >= 15 is 0 Å². The van der Waals surface area contributed by atoms with Crippen molar-refractivity contribution >= 4 is 58.4 Å². The van der Waals surface area contributed by atoms with E-state index in [0.29, 0.717) is 0 Å². The van der Waals surface area contributed by atoms with E-state index in [-0.39, 0.29) is 16.2 Å². The van der Waals surface area contributed by atoms with Gasteiger partial charge in [-0.25, -0.2) is 0 Å². The SMILES string of the molecule is Cc1ccc(N(c2ccc(C)cc2)c2ccc3c(c2)C2(CCCCC2)c2cc(C=Cc4ccc5c(c4)C(C)(C)c4cc(C=Cc6ccc7c(c6)C6(CCCCC6)c6cc(N(c8ccc(C)cc8)c8ccc(C)cc8)ccc6-7)ccc4-5)ccc2-3)cc1. The highest BCUT2D eigenvalue weighted by atomic mass is 15.1. The molecule has 5 aliphatic carbocycles. The predicted octanol–water partition coefficient (Wildman–Crippen LogP) is 23.0. The maximum absolute atomic E-state index is 2.54. The number of anilines is 6. The van der Waals surface area contributed by atoms with E-state index in [1.807, 2.05) is 0 Å². The molecule has 0 heterocycles. The van der Waals surface area contributed by atoms with Crippen LogP contribution in [0.1, 0.15) is 156 Å². The molecule has 0 saturated heterocycles. The van der Waals surface area contributed by atoms with Crippen molar-refractivity contribution in [2.45, 2.75) is 122 Å². The van der Waals surface area contributed by atoms with Gasteiger partial charge >= 0.3 is 0 Å². The van der Waals surface area contributed by atoms with Gasteiger partial charge in [0.05, 0.1) is 0 Å². The van der Waals surface area contributed by atoms with Crippen molar-refractivity contribution in [2.75, 3.05) is 9.80 Å². The molecule has 418 valence electrons. The minimum absolute atomic E-state index is 0.0112. The van der Waals surface area contributed by atoms with Crippen LogP contribution >= 0.6 is 0 Å². The van der Waals surface area contributed by atoms with Gasteiger partial charge in [0.25, 0.3) is 0 Å². The molecule has 2 spiro atoms. The number of rotatable bonds is 10. The van der Waals surface area contributed by atoms with Crippen LogP contribution in [-0.2, 0) is 16.2 Å². The Kier molecular flexibility index (Phi) is 13.0. The topological polar surface area (TPSA) is 6.48 Å². The zero-order valence-electron chi connectivity index (χ0n) is 50.4. The molecule has 0 unspecified atom stereocenters. The molecule has 5 aliphatic rings.